The van der Waals surface area contributed by atoms with Gasteiger partial charge in [-0.15, -0.1) is 0 Å². The number of aliphatic hydroxyl groups excluding tert-OH is 1. The molecular weight excluding hydrogens is 428 g/mol. The predicted molar refractivity (Wildman–Crippen MR) is 133 cm³/mol. The molecule has 3 nitrogen and oxygen atoms in total. The number of allylic oxidation sites excluding steroid dienone is 1. The molecule has 4 aliphatic carbocycles. The van der Waals surface area contributed by atoms with Crippen molar-refractivity contribution in [2.24, 2.45) is 40.4 Å². The maximum Gasteiger partial charge on any atom is 0.178 e. The fourth-order valence-corrected chi connectivity index (χ4v) is 10.4. The van der Waals surface area contributed by atoms with Crippen LogP contribution in [0.2, 0.25) is 0 Å². The predicted octanol–water partition coefficient (Wildman–Crippen LogP) is 6.43. The topological polar surface area (TPSA) is 54.4 Å². The second-order valence-corrected chi connectivity index (χ2v) is 14.4. The minimum atomic E-state index is -3.21. The van der Waals surface area contributed by atoms with Crippen molar-refractivity contribution in [3.8, 4) is 0 Å². The molecular formula is C29H42O3S. The molecule has 1 aromatic rings. The second kappa shape index (κ2) is 8.52. The van der Waals surface area contributed by atoms with Crippen molar-refractivity contribution in [2.75, 3.05) is 5.75 Å². The zero-order chi connectivity index (χ0) is 23.4. The molecule has 5 rings (SSSR count). The van der Waals surface area contributed by atoms with E-state index < -0.39 is 9.84 Å². The Morgan fingerprint density at radius 1 is 1.03 bits per heavy atom. The number of sulfone groups is 1. The standard InChI is InChI=1S/C29H42O3S/c1-20(15-18-33(31,32)23-7-5-4-6-8-23)25-11-12-26-24-10-9-21-19-22(30)13-16-28(21,2)27(24)14-17-29(25,26)3/h4-9,20,22,24-27,30H,10-19H2,1-3H3/t20-,22+,24+,25-,26+,27?,28+,29-/m1/s1. The van der Waals surface area contributed by atoms with Gasteiger partial charge in [-0.2, -0.15) is 0 Å². The van der Waals surface area contributed by atoms with Crippen molar-refractivity contribution in [1.29, 1.82) is 0 Å². The number of rotatable bonds is 5. The Hall–Kier alpha value is -1.13. The first kappa shape index (κ1) is 23.6. The lowest BCUT2D eigenvalue weighted by Gasteiger charge is -2.58. The Morgan fingerprint density at radius 3 is 2.55 bits per heavy atom. The van der Waals surface area contributed by atoms with E-state index >= 15 is 0 Å². The van der Waals surface area contributed by atoms with E-state index in [2.05, 4.69) is 26.8 Å². The molecule has 4 aliphatic rings. The normalized spacial score (nSPS) is 41.5. The van der Waals surface area contributed by atoms with Crippen molar-refractivity contribution in [3.63, 3.8) is 0 Å². The van der Waals surface area contributed by atoms with Crippen LogP contribution in [0.3, 0.4) is 0 Å². The van der Waals surface area contributed by atoms with E-state index in [4.69, 9.17) is 0 Å². The van der Waals surface area contributed by atoms with Crippen LogP contribution in [-0.2, 0) is 9.84 Å². The summed E-state index contributed by atoms with van der Waals surface area (Å²) in [4.78, 5) is 0.462. The summed E-state index contributed by atoms with van der Waals surface area (Å²) in [6.45, 7) is 7.35. The van der Waals surface area contributed by atoms with Crippen molar-refractivity contribution < 1.29 is 13.5 Å². The fraction of sp³-hybridized carbons (Fsp3) is 0.724. The SMILES string of the molecule is C[C@H](CCS(=O)(=O)c1ccccc1)[C@H]1CC[C@H]2[C@@H]3CC=C4C[C@@H](O)CC[C@]4(C)C3CC[C@]12C. The summed E-state index contributed by atoms with van der Waals surface area (Å²) in [7, 11) is -3.21. The number of fused-ring (bicyclic) bond motifs is 5. The van der Waals surface area contributed by atoms with Crippen LogP contribution in [0.1, 0.15) is 78.6 Å². The Labute approximate surface area is 201 Å². The van der Waals surface area contributed by atoms with Crippen LogP contribution >= 0.6 is 0 Å². The lowest BCUT2D eigenvalue weighted by molar-refractivity contribution is -0.0568. The molecule has 0 bridgehead atoms. The maximum atomic E-state index is 12.9. The summed E-state index contributed by atoms with van der Waals surface area (Å²) in [5.41, 5.74) is 2.17. The molecule has 3 fully saturated rings. The third-order valence-corrected chi connectivity index (χ3v) is 12.5. The van der Waals surface area contributed by atoms with Crippen LogP contribution in [0.15, 0.2) is 46.9 Å². The van der Waals surface area contributed by atoms with E-state index in [9.17, 15) is 13.5 Å². The first-order valence-electron chi connectivity index (χ1n) is 13.3. The molecule has 182 valence electrons. The summed E-state index contributed by atoms with van der Waals surface area (Å²) in [6.07, 6.45) is 12.4. The van der Waals surface area contributed by atoms with E-state index in [1.54, 1.807) is 17.7 Å². The van der Waals surface area contributed by atoms with Gasteiger partial charge in [0, 0.05) is 0 Å². The highest BCUT2D eigenvalue weighted by Crippen LogP contribution is 2.67. The maximum absolute atomic E-state index is 12.9. The zero-order valence-corrected chi connectivity index (χ0v) is 21.5. The minimum absolute atomic E-state index is 0.140. The van der Waals surface area contributed by atoms with E-state index in [0.29, 0.717) is 22.1 Å². The molecule has 0 spiro atoms. The largest absolute Gasteiger partial charge is 0.393 e. The lowest BCUT2D eigenvalue weighted by Crippen LogP contribution is -2.50. The van der Waals surface area contributed by atoms with Gasteiger partial charge < -0.3 is 5.11 Å². The van der Waals surface area contributed by atoms with Crippen LogP contribution in [-0.4, -0.2) is 25.4 Å². The first-order chi connectivity index (χ1) is 15.6. The molecule has 0 radical (unpaired) electrons. The van der Waals surface area contributed by atoms with Crippen LogP contribution in [0.25, 0.3) is 0 Å². The quantitative estimate of drug-likeness (QED) is 0.505. The molecule has 33 heavy (non-hydrogen) atoms. The van der Waals surface area contributed by atoms with Gasteiger partial charge in [0.2, 0.25) is 0 Å². The molecule has 0 heterocycles. The van der Waals surface area contributed by atoms with Crippen LogP contribution in [0.4, 0.5) is 0 Å². The van der Waals surface area contributed by atoms with Gasteiger partial charge in [0.15, 0.2) is 9.84 Å². The summed E-state index contributed by atoms with van der Waals surface area (Å²) in [5, 5.41) is 10.2. The van der Waals surface area contributed by atoms with Crippen molar-refractivity contribution in [2.45, 2.75) is 89.6 Å². The number of hydrogen-bond acceptors (Lipinski definition) is 3. The molecule has 0 aromatic heterocycles. The van der Waals surface area contributed by atoms with Crippen LogP contribution in [0, 0.1) is 40.4 Å². The molecule has 1 N–H and O–H groups in total. The van der Waals surface area contributed by atoms with Gasteiger partial charge >= 0.3 is 0 Å². The van der Waals surface area contributed by atoms with E-state index in [1.165, 1.54) is 32.1 Å². The molecule has 3 saturated carbocycles. The highest BCUT2D eigenvalue weighted by molar-refractivity contribution is 7.91. The van der Waals surface area contributed by atoms with E-state index in [1.807, 2.05) is 18.2 Å². The molecule has 0 aliphatic heterocycles. The van der Waals surface area contributed by atoms with Crippen LogP contribution < -0.4 is 0 Å². The van der Waals surface area contributed by atoms with Gasteiger partial charge in [0.1, 0.15) is 0 Å². The van der Waals surface area contributed by atoms with Gasteiger partial charge in [0.05, 0.1) is 16.8 Å². The monoisotopic (exact) mass is 470 g/mol. The van der Waals surface area contributed by atoms with E-state index in [-0.39, 0.29) is 17.3 Å². The molecule has 8 atom stereocenters. The van der Waals surface area contributed by atoms with Gasteiger partial charge in [0.25, 0.3) is 0 Å². The fourth-order valence-electron chi connectivity index (χ4n) is 8.90. The van der Waals surface area contributed by atoms with Gasteiger partial charge in [-0.3, -0.25) is 0 Å². The minimum Gasteiger partial charge on any atom is -0.393 e. The number of aliphatic hydroxyl groups is 1. The molecule has 4 heteroatoms. The average Bonchev–Trinajstić information content (AvgIpc) is 3.16. The Bertz CT molecular complexity index is 999. The third-order valence-electron chi connectivity index (χ3n) is 10.8. The van der Waals surface area contributed by atoms with Gasteiger partial charge in [-0.05, 0) is 110 Å². The Kier molecular flexibility index (Phi) is 6.09. The first-order valence-corrected chi connectivity index (χ1v) is 15.0. The Morgan fingerprint density at radius 2 is 1.79 bits per heavy atom. The lowest BCUT2D eigenvalue weighted by atomic mass is 9.47. The highest BCUT2D eigenvalue weighted by Gasteiger charge is 2.59. The summed E-state index contributed by atoms with van der Waals surface area (Å²) < 4.78 is 25.7. The Balaban J connectivity index is 1.30. The summed E-state index contributed by atoms with van der Waals surface area (Å²) in [6, 6.07) is 8.95. The van der Waals surface area contributed by atoms with Crippen molar-refractivity contribution in [1.82, 2.24) is 0 Å². The zero-order valence-electron chi connectivity index (χ0n) is 20.7. The number of benzene rings is 1. The third kappa shape index (κ3) is 3.93. The van der Waals surface area contributed by atoms with Crippen molar-refractivity contribution in [3.05, 3.63) is 42.0 Å². The summed E-state index contributed by atoms with van der Waals surface area (Å²) in [5.74, 6) is 3.60. The molecule has 0 saturated heterocycles. The highest BCUT2D eigenvalue weighted by atomic mass is 32.2. The molecule has 0 amide bonds. The second-order valence-electron chi connectivity index (χ2n) is 12.3. The van der Waals surface area contributed by atoms with Crippen molar-refractivity contribution >= 4 is 9.84 Å². The van der Waals surface area contributed by atoms with Gasteiger partial charge in [-0.1, -0.05) is 50.6 Å². The summed E-state index contributed by atoms with van der Waals surface area (Å²) >= 11 is 0. The molecule has 1 aromatic carbocycles. The smallest absolute Gasteiger partial charge is 0.178 e. The van der Waals surface area contributed by atoms with Gasteiger partial charge in [-0.25, -0.2) is 8.42 Å². The van der Waals surface area contributed by atoms with Crippen LogP contribution in [0.5, 0.6) is 0 Å². The van der Waals surface area contributed by atoms with E-state index in [0.717, 1.165) is 43.4 Å². The number of hydrogen-bond donors (Lipinski definition) is 1. The molecule has 1 unspecified atom stereocenters. The average molecular weight is 471 g/mol.